The van der Waals surface area contributed by atoms with E-state index in [9.17, 15) is 0 Å². The van der Waals surface area contributed by atoms with E-state index in [1.54, 1.807) is 11.3 Å². The van der Waals surface area contributed by atoms with Crippen molar-refractivity contribution >= 4 is 49.0 Å². The molecule has 25 heavy (non-hydrogen) atoms. The average molecular weight is 338 g/mol. The van der Waals surface area contributed by atoms with Crippen molar-refractivity contribution in [3.05, 3.63) is 102 Å². The zero-order chi connectivity index (χ0) is 17.1. The Morgan fingerprint density at radius 1 is 0.640 bits per heavy atom. The summed E-state index contributed by atoms with van der Waals surface area (Å²) in [6.07, 6.45) is 1.91. The Labute approximate surface area is 151 Å². The van der Waals surface area contributed by atoms with E-state index in [1.165, 1.54) is 37.2 Å². The minimum Gasteiger partial charge on any atom is -0.144 e. The molecule has 0 amide bonds. The Hall–Kier alpha value is -2.90. The van der Waals surface area contributed by atoms with Crippen LogP contribution in [0.15, 0.2) is 96.9 Å². The summed E-state index contributed by atoms with van der Waals surface area (Å²) in [6, 6.07) is 29.8. The monoisotopic (exact) mass is 338 g/mol. The standard InChI is InChI=1S/C16H12.C8H6S/c1-2-12-8-5-9-15-10-13-6-3-4-7-14(13)11-16(12)15;1-2-4-8-7(3-1)5-6-9-8/h2-11H,1H2;1-6H. The Morgan fingerprint density at radius 2 is 1.32 bits per heavy atom. The molecule has 0 radical (unpaired) electrons. The first-order chi connectivity index (χ1) is 12.3. The molecule has 120 valence electrons. The van der Waals surface area contributed by atoms with Gasteiger partial charge in [0.15, 0.2) is 0 Å². The number of fused-ring (bicyclic) bond motifs is 3. The molecule has 0 fully saturated rings. The van der Waals surface area contributed by atoms with Crippen molar-refractivity contribution in [1.29, 1.82) is 0 Å². The highest BCUT2D eigenvalue weighted by atomic mass is 32.1. The number of benzene rings is 4. The summed E-state index contributed by atoms with van der Waals surface area (Å²) in [5.74, 6) is 0. The maximum absolute atomic E-state index is 3.86. The molecule has 1 aromatic heterocycles. The van der Waals surface area contributed by atoms with E-state index in [0.29, 0.717) is 0 Å². The van der Waals surface area contributed by atoms with Crippen molar-refractivity contribution < 1.29 is 0 Å². The molecule has 0 spiro atoms. The van der Waals surface area contributed by atoms with Gasteiger partial charge in [-0.25, -0.2) is 0 Å². The lowest BCUT2D eigenvalue weighted by Gasteiger charge is -2.04. The van der Waals surface area contributed by atoms with Crippen LogP contribution >= 0.6 is 11.3 Å². The predicted molar refractivity (Wildman–Crippen MR) is 113 cm³/mol. The van der Waals surface area contributed by atoms with E-state index in [2.05, 4.69) is 96.9 Å². The van der Waals surface area contributed by atoms with Gasteiger partial charge in [-0.2, -0.15) is 0 Å². The topological polar surface area (TPSA) is 0 Å². The first-order valence-corrected chi connectivity index (χ1v) is 9.19. The third-order valence-corrected chi connectivity index (χ3v) is 5.26. The molecule has 4 aromatic carbocycles. The minimum atomic E-state index is 1.20. The molecule has 0 saturated heterocycles. The van der Waals surface area contributed by atoms with Gasteiger partial charge in [-0.15, -0.1) is 11.3 Å². The highest BCUT2D eigenvalue weighted by molar-refractivity contribution is 7.17. The van der Waals surface area contributed by atoms with Crippen LogP contribution in [0.2, 0.25) is 0 Å². The number of hydrogen-bond acceptors (Lipinski definition) is 1. The lowest BCUT2D eigenvalue weighted by atomic mass is 10.00. The van der Waals surface area contributed by atoms with E-state index < -0.39 is 0 Å². The molecule has 5 aromatic rings. The SMILES string of the molecule is C=Cc1cccc2cc3ccccc3cc12.c1ccc2sccc2c1. The zero-order valence-electron chi connectivity index (χ0n) is 13.9. The van der Waals surface area contributed by atoms with E-state index in [-0.39, 0.29) is 0 Å². The third-order valence-electron chi connectivity index (χ3n) is 4.36. The third kappa shape index (κ3) is 3.19. The van der Waals surface area contributed by atoms with Gasteiger partial charge >= 0.3 is 0 Å². The fraction of sp³-hybridized carbons (Fsp3) is 0. The summed E-state index contributed by atoms with van der Waals surface area (Å²) in [5.41, 5.74) is 1.20. The fourth-order valence-corrected chi connectivity index (χ4v) is 3.87. The van der Waals surface area contributed by atoms with Gasteiger partial charge in [-0.05, 0) is 62.1 Å². The molecule has 0 bridgehead atoms. The maximum atomic E-state index is 3.86. The van der Waals surface area contributed by atoms with E-state index in [1.807, 2.05) is 6.08 Å². The van der Waals surface area contributed by atoms with Crippen molar-refractivity contribution in [2.24, 2.45) is 0 Å². The Kier molecular flexibility index (Phi) is 4.32. The molecule has 1 heteroatoms. The summed E-state index contributed by atoms with van der Waals surface area (Å²) in [5, 5.41) is 8.58. The van der Waals surface area contributed by atoms with Gasteiger partial charge in [0.2, 0.25) is 0 Å². The second kappa shape index (κ2) is 6.92. The van der Waals surface area contributed by atoms with E-state index in [4.69, 9.17) is 0 Å². The van der Waals surface area contributed by atoms with Gasteiger partial charge in [0.25, 0.3) is 0 Å². The molecule has 0 N–H and O–H groups in total. The van der Waals surface area contributed by atoms with Crippen LogP contribution < -0.4 is 0 Å². The highest BCUT2D eigenvalue weighted by Gasteiger charge is 2.00. The van der Waals surface area contributed by atoms with Crippen LogP contribution in [0, 0.1) is 0 Å². The van der Waals surface area contributed by atoms with Gasteiger partial charge < -0.3 is 0 Å². The van der Waals surface area contributed by atoms with Crippen molar-refractivity contribution in [1.82, 2.24) is 0 Å². The molecule has 0 aliphatic rings. The van der Waals surface area contributed by atoms with E-state index in [0.717, 1.165) is 0 Å². The Balaban J connectivity index is 0.000000147. The van der Waals surface area contributed by atoms with Gasteiger partial charge in [0.1, 0.15) is 0 Å². The molecule has 5 rings (SSSR count). The average Bonchev–Trinajstić information content (AvgIpc) is 3.15. The smallest absolute Gasteiger partial charge is 0.0342 e. The fourth-order valence-electron chi connectivity index (χ4n) is 3.08. The summed E-state index contributed by atoms with van der Waals surface area (Å²) >= 11 is 1.79. The predicted octanol–water partition coefficient (Wildman–Crippen LogP) is 7.54. The summed E-state index contributed by atoms with van der Waals surface area (Å²) < 4.78 is 1.37. The summed E-state index contributed by atoms with van der Waals surface area (Å²) in [6.45, 7) is 3.86. The summed E-state index contributed by atoms with van der Waals surface area (Å²) in [7, 11) is 0. The van der Waals surface area contributed by atoms with Crippen molar-refractivity contribution in [2.75, 3.05) is 0 Å². The normalized spacial score (nSPS) is 10.6. The van der Waals surface area contributed by atoms with Crippen molar-refractivity contribution in [2.45, 2.75) is 0 Å². The van der Waals surface area contributed by atoms with Crippen LogP contribution in [0.1, 0.15) is 5.56 Å². The first kappa shape index (κ1) is 15.6. The highest BCUT2D eigenvalue weighted by Crippen LogP contribution is 2.25. The van der Waals surface area contributed by atoms with Crippen molar-refractivity contribution in [3.8, 4) is 0 Å². The zero-order valence-corrected chi connectivity index (χ0v) is 14.7. The van der Waals surface area contributed by atoms with Crippen LogP contribution in [-0.4, -0.2) is 0 Å². The van der Waals surface area contributed by atoms with Gasteiger partial charge in [0, 0.05) is 4.70 Å². The second-order valence-corrected chi connectivity index (χ2v) is 6.88. The van der Waals surface area contributed by atoms with Crippen LogP contribution in [0.3, 0.4) is 0 Å². The number of hydrogen-bond donors (Lipinski definition) is 0. The number of thiophene rings is 1. The molecule has 0 atom stereocenters. The van der Waals surface area contributed by atoms with E-state index >= 15 is 0 Å². The number of rotatable bonds is 1. The molecule has 0 aliphatic carbocycles. The van der Waals surface area contributed by atoms with Crippen LogP contribution in [-0.2, 0) is 0 Å². The molecule has 0 saturated carbocycles. The minimum absolute atomic E-state index is 1.20. The van der Waals surface area contributed by atoms with Crippen LogP contribution in [0.4, 0.5) is 0 Å². The lowest BCUT2D eigenvalue weighted by Crippen LogP contribution is -1.79. The largest absolute Gasteiger partial charge is 0.144 e. The molecule has 0 aliphatic heterocycles. The van der Waals surface area contributed by atoms with Crippen molar-refractivity contribution in [3.63, 3.8) is 0 Å². The van der Waals surface area contributed by atoms with Gasteiger partial charge in [-0.3, -0.25) is 0 Å². The summed E-state index contributed by atoms with van der Waals surface area (Å²) in [4.78, 5) is 0. The molecule has 0 nitrogen and oxygen atoms in total. The Morgan fingerprint density at radius 3 is 2.08 bits per heavy atom. The first-order valence-electron chi connectivity index (χ1n) is 8.31. The molecular weight excluding hydrogens is 320 g/mol. The molecule has 0 unspecified atom stereocenters. The quantitative estimate of drug-likeness (QED) is 0.277. The Bertz CT molecular complexity index is 1130. The van der Waals surface area contributed by atoms with Gasteiger partial charge in [-0.1, -0.05) is 73.3 Å². The lowest BCUT2D eigenvalue weighted by molar-refractivity contribution is 1.73. The van der Waals surface area contributed by atoms with Crippen LogP contribution in [0.5, 0.6) is 0 Å². The van der Waals surface area contributed by atoms with Crippen LogP contribution in [0.25, 0.3) is 37.7 Å². The van der Waals surface area contributed by atoms with Gasteiger partial charge in [0.05, 0.1) is 0 Å². The molecular formula is C24H18S. The maximum Gasteiger partial charge on any atom is 0.0342 e. The second-order valence-electron chi connectivity index (χ2n) is 5.93. The molecule has 1 heterocycles.